The summed E-state index contributed by atoms with van der Waals surface area (Å²) in [5.41, 5.74) is 7.60. The van der Waals surface area contributed by atoms with E-state index in [4.69, 9.17) is 5.73 Å². The van der Waals surface area contributed by atoms with Crippen molar-refractivity contribution in [2.45, 2.75) is 4.90 Å². The summed E-state index contributed by atoms with van der Waals surface area (Å²) in [7, 11) is -3.73. The first-order valence-corrected chi connectivity index (χ1v) is 8.87. The SMILES string of the molecule is NC(=O)c1ccc(NS(=O)(=O)c2ccc(-c3cccnc3)cc2)cc1. The third kappa shape index (κ3) is 3.84. The zero-order valence-electron chi connectivity index (χ0n) is 13.1. The highest BCUT2D eigenvalue weighted by Gasteiger charge is 2.14. The zero-order valence-corrected chi connectivity index (χ0v) is 13.9. The van der Waals surface area contributed by atoms with Crippen molar-refractivity contribution in [2.75, 3.05) is 4.72 Å². The second-order valence-electron chi connectivity index (χ2n) is 5.31. The van der Waals surface area contributed by atoms with E-state index in [1.54, 1.807) is 24.5 Å². The van der Waals surface area contributed by atoms with Gasteiger partial charge in [0.1, 0.15) is 0 Å². The number of nitrogens with two attached hydrogens (primary N) is 1. The van der Waals surface area contributed by atoms with Crippen LogP contribution < -0.4 is 10.5 Å². The lowest BCUT2D eigenvalue weighted by molar-refractivity contribution is 0.100. The third-order valence-electron chi connectivity index (χ3n) is 3.58. The maximum absolute atomic E-state index is 12.5. The molecule has 1 amide bonds. The number of carbonyl (C=O) groups excluding carboxylic acids is 1. The summed E-state index contributed by atoms with van der Waals surface area (Å²) >= 11 is 0. The zero-order chi connectivity index (χ0) is 17.9. The number of sulfonamides is 1. The van der Waals surface area contributed by atoms with Crippen LogP contribution in [0.3, 0.4) is 0 Å². The fraction of sp³-hybridized carbons (Fsp3) is 0. The van der Waals surface area contributed by atoms with Gasteiger partial charge in [0, 0.05) is 23.6 Å². The highest BCUT2D eigenvalue weighted by atomic mass is 32.2. The Morgan fingerprint density at radius 2 is 1.60 bits per heavy atom. The molecule has 0 aliphatic heterocycles. The third-order valence-corrected chi connectivity index (χ3v) is 4.98. The first kappa shape index (κ1) is 16.7. The van der Waals surface area contributed by atoms with Gasteiger partial charge in [0.2, 0.25) is 5.91 Å². The maximum atomic E-state index is 12.5. The van der Waals surface area contributed by atoms with Gasteiger partial charge in [0.25, 0.3) is 10.0 Å². The number of benzene rings is 2. The molecule has 1 aromatic heterocycles. The standard InChI is InChI=1S/C18H15N3O3S/c19-18(22)14-3-7-16(8-4-14)21-25(23,24)17-9-5-13(6-10-17)15-2-1-11-20-12-15/h1-12,21H,(H2,19,22). The van der Waals surface area contributed by atoms with Crippen molar-refractivity contribution in [3.63, 3.8) is 0 Å². The Morgan fingerprint density at radius 1 is 0.920 bits per heavy atom. The maximum Gasteiger partial charge on any atom is 0.261 e. The van der Waals surface area contributed by atoms with Crippen LogP contribution in [0, 0.1) is 0 Å². The molecule has 3 aromatic rings. The predicted octanol–water partition coefficient (Wildman–Crippen LogP) is 2.65. The smallest absolute Gasteiger partial charge is 0.261 e. The molecule has 0 radical (unpaired) electrons. The van der Waals surface area contributed by atoms with E-state index in [-0.39, 0.29) is 4.90 Å². The molecule has 126 valence electrons. The molecular formula is C18H15N3O3S. The van der Waals surface area contributed by atoms with Crippen LogP contribution in [0.2, 0.25) is 0 Å². The van der Waals surface area contributed by atoms with Gasteiger partial charge in [-0.3, -0.25) is 14.5 Å². The van der Waals surface area contributed by atoms with E-state index in [0.29, 0.717) is 11.3 Å². The molecule has 1 heterocycles. The van der Waals surface area contributed by atoms with Crippen LogP contribution in [0.1, 0.15) is 10.4 Å². The molecule has 6 nitrogen and oxygen atoms in total. The van der Waals surface area contributed by atoms with Crippen molar-refractivity contribution in [3.05, 3.63) is 78.6 Å². The van der Waals surface area contributed by atoms with Gasteiger partial charge < -0.3 is 5.73 Å². The highest BCUT2D eigenvalue weighted by Crippen LogP contribution is 2.22. The monoisotopic (exact) mass is 353 g/mol. The fourth-order valence-corrected chi connectivity index (χ4v) is 3.34. The van der Waals surface area contributed by atoms with Crippen LogP contribution >= 0.6 is 0 Å². The van der Waals surface area contributed by atoms with E-state index in [1.165, 1.54) is 36.4 Å². The van der Waals surface area contributed by atoms with Crippen LogP contribution in [0.15, 0.2) is 78.0 Å². The van der Waals surface area contributed by atoms with Crippen LogP contribution in [0.25, 0.3) is 11.1 Å². The number of pyridine rings is 1. The predicted molar refractivity (Wildman–Crippen MR) is 95.4 cm³/mol. The highest BCUT2D eigenvalue weighted by molar-refractivity contribution is 7.92. The van der Waals surface area contributed by atoms with Gasteiger partial charge in [-0.25, -0.2) is 8.42 Å². The minimum atomic E-state index is -3.73. The van der Waals surface area contributed by atoms with Crippen molar-refractivity contribution in [2.24, 2.45) is 5.73 Å². The molecule has 7 heteroatoms. The molecule has 25 heavy (non-hydrogen) atoms. The number of nitrogens with zero attached hydrogens (tertiary/aromatic N) is 1. The molecule has 0 saturated carbocycles. The summed E-state index contributed by atoms with van der Waals surface area (Å²) in [5, 5.41) is 0. The topological polar surface area (TPSA) is 102 Å². The lowest BCUT2D eigenvalue weighted by Crippen LogP contribution is -2.14. The largest absolute Gasteiger partial charge is 0.366 e. The molecule has 0 spiro atoms. The quantitative estimate of drug-likeness (QED) is 0.736. The Kier molecular flexibility index (Phi) is 4.49. The number of nitrogens with one attached hydrogen (secondary N) is 1. The lowest BCUT2D eigenvalue weighted by Gasteiger charge is -2.09. The molecule has 0 atom stereocenters. The first-order valence-electron chi connectivity index (χ1n) is 7.39. The number of anilines is 1. The molecule has 0 aliphatic carbocycles. The van der Waals surface area contributed by atoms with Crippen molar-refractivity contribution < 1.29 is 13.2 Å². The van der Waals surface area contributed by atoms with Gasteiger partial charge in [0.15, 0.2) is 0 Å². The average molecular weight is 353 g/mol. The Bertz CT molecular complexity index is 984. The fourth-order valence-electron chi connectivity index (χ4n) is 2.28. The number of hydrogen-bond donors (Lipinski definition) is 2. The molecule has 0 fully saturated rings. The Balaban J connectivity index is 1.81. The van der Waals surface area contributed by atoms with Crippen molar-refractivity contribution in [1.29, 1.82) is 0 Å². The number of hydrogen-bond acceptors (Lipinski definition) is 4. The van der Waals surface area contributed by atoms with Crippen LogP contribution in [-0.2, 0) is 10.0 Å². The van der Waals surface area contributed by atoms with Gasteiger partial charge in [-0.05, 0) is 53.6 Å². The normalized spacial score (nSPS) is 11.0. The molecule has 0 unspecified atom stereocenters. The van der Waals surface area contributed by atoms with Crippen LogP contribution in [0.4, 0.5) is 5.69 Å². The summed E-state index contributed by atoms with van der Waals surface area (Å²) < 4.78 is 27.4. The van der Waals surface area contributed by atoms with Crippen LogP contribution in [-0.4, -0.2) is 19.3 Å². The van der Waals surface area contributed by atoms with E-state index in [0.717, 1.165) is 11.1 Å². The molecular weight excluding hydrogens is 338 g/mol. The van der Waals surface area contributed by atoms with E-state index < -0.39 is 15.9 Å². The molecule has 0 bridgehead atoms. The van der Waals surface area contributed by atoms with E-state index in [1.807, 2.05) is 12.1 Å². The van der Waals surface area contributed by atoms with E-state index >= 15 is 0 Å². The van der Waals surface area contributed by atoms with E-state index in [9.17, 15) is 13.2 Å². The van der Waals surface area contributed by atoms with Crippen molar-refractivity contribution >= 4 is 21.6 Å². The number of amides is 1. The van der Waals surface area contributed by atoms with Crippen molar-refractivity contribution in [1.82, 2.24) is 4.98 Å². The average Bonchev–Trinajstić information content (AvgIpc) is 2.63. The lowest BCUT2D eigenvalue weighted by atomic mass is 10.1. The Hall–Kier alpha value is -3.19. The second-order valence-corrected chi connectivity index (χ2v) is 7.00. The molecule has 3 rings (SSSR count). The molecule has 0 aliphatic rings. The summed E-state index contributed by atoms with van der Waals surface area (Å²) in [6, 6.07) is 16.1. The Morgan fingerprint density at radius 3 is 2.16 bits per heavy atom. The minimum absolute atomic E-state index is 0.138. The van der Waals surface area contributed by atoms with Gasteiger partial charge in [-0.15, -0.1) is 0 Å². The minimum Gasteiger partial charge on any atom is -0.366 e. The van der Waals surface area contributed by atoms with Gasteiger partial charge in [-0.1, -0.05) is 18.2 Å². The van der Waals surface area contributed by atoms with Crippen LogP contribution in [0.5, 0.6) is 0 Å². The molecule has 0 saturated heterocycles. The summed E-state index contributed by atoms with van der Waals surface area (Å²) in [5.74, 6) is -0.569. The van der Waals surface area contributed by atoms with Gasteiger partial charge >= 0.3 is 0 Å². The molecule has 2 aromatic carbocycles. The van der Waals surface area contributed by atoms with Crippen molar-refractivity contribution in [3.8, 4) is 11.1 Å². The van der Waals surface area contributed by atoms with Gasteiger partial charge in [-0.2, -0.15) is 0 Å². The first-order chi connectivity index (χ1) is 12.0. The summed E-state index contributed by atoms with van der Waals surface area (Å²) in [6.45, 7) is 0. The Labute approximate surface area is 145 Å². The summed E-state index contributed by atoms with van der Waals surface area (Å²) in [4.78, 5) is 15.2. The summed E-state index contributed by atoms with van der Waals surface area (Å²) in [6.07, 6.45) is 3.39. The number of carbonyl (C=O) groups is 1. The van der Waals surface area contributed by atoms with E-state index in [2.05, 4.69) is 9.71 Å². The second kappa shape index (κ2) is 6.74. The van der Waals surface area contributed by atoms with Gasteiger partial charge in [0.05, 0.1) is 4.90 Å². The number of aromatic nitrogens is 1. The number of rotatable bonds is 5. The molecule has 3 N–H and O–H groups in total. The number of primary amides is 1.